The lowest BCUT2D eigenvalue weighted by molar-refractivity contribution is -0.384. The molecule has 2 aromatic rings. The molecule has 0 aromatic heterocycles. The summed E-state index contributed by atoms with van der Waals surface area (Å²) in [6, 6.07) is 9.18. The third kappa shape index (κ3) is 3.46. The van der Waals surface area contributed by atoms with Gasteiger partial charge in [-0.25, -0.2) is 4.39 Å². The van der Waals surface area contributed by atoms with E-state index in [1.165, 1.54) is 18.2 Å². The van der Waals surface area contributed by atoms with Crippen LogP contribution < -0.4 is 5.32 Å². The van der Waals surface area contributed by atoms with Crippen LogP contribution in [0.15, 0.2) is 40.9 Å². The lowest BCUT2D eigenvalue weighted by Gasteiger charge is -2.07. The predicted octanol–water partition coefficient (Wildman–Crippen LogP) is 4.76. The highest BCUT2D eigenvalue weighted by Crippen LogP contribution is 2.26. The molecule has 0 aliphatic heterocycles. The minimum Gasteiger partial charge on any atom is -0.381 e. The van der Waals surface area contributed by atoms with E-state index >= 15 is 0 Å². The minimum atomic E-state index is -0.537. The zero-order chi connectivity index (χ0) is 14.7. The van der Waals surface area contributed by atoms with Crippen molar-refractivity contribution in [2.75, 3.05) is 5.32 Å². The first-order chi connectivity index (χ1) is 9.47. The van der Waals surface area contributed by atoms with Gasteiger partial charge in [-0.3, -0.25) is 10.1 Å². The van der Waals surface area contributed by atoms with Gasteiger partial charge in [0.2, 0.25) is 0 Å². The number of nitro benzene ring substituents is 1. The van der Waals surface area contributed by atoms with Gasteiger partial charge in [0.15, 0.2) is 0 Å². The smallest absolute Gasteiger partial charge is 0.288 e. The number of hydrogen-bond donors (Lipinski definition) is 1. The third-order valence-electron chi connectivity index (χ3n) is 2.62. The molecule has 0 saturated heterocycles. The Morgan fingerprint density at radius 1 is 1.30 bits per heavy atom. The van der Waals surface area contributed by atoms with Crippen molar-refractivity contribution in [2.24, 2.45) is 0 Å². The van der Waals surface area contributed by atoms with Gasteiger partial charge in [0.25, 0.3) is 5.69 Å². The lowest BCUT2D eigenvalue weighted by Crippen LogP contribution is -2.01. The number of nitro groups is 1. The monoisotopic (exact) mass is 358 g/mol. The molecule has 0 unspecified atom stereocenters. The van der Waals surface area contributed by atoms with E-state index in [9.17, 15) is 14.5 Å². The molecule has 0 heterocycles. The van der Waals surface area contributed by atoms with E-state index in [1.807, 2.05) is 0 Å². The summed E-state index contributed by atoms with van der Waals surface area (Å²) < 4.78 is 13.7. The highest BCUT2D eigenvalue weighted by atomic mass is 79.9. The first-order valence-electron chi connectivity index (χ1n) is 5.59. The Balaban J connectivity index is 2.12. The Kier molecular flexibility index (Phi) is 4.57. The summed E-state index contributed by atoms with van der Waals surface area (Å²) >= 11 is 8.80. The average Bonchev–Trinajstić information content (AvgIpc) is 2.41. The lowest BCUT2D eigenvalue weighted by atomic mass is 10.2. The molecule has 1 N–H and O–H groups in total. The fraction of sp³-hybridized carbons (Fsp3) is 0.0769. The molecule has 4 nitrogen and oxygen atoms in total. The van der Waals surface area contributed by atoms with Crippen LogP contribution in [0.3, 0.4) is 0 Å². The Morgan fingerprint density at radius 2 is 2.05 bits per heavy atom. The molecule has 0 fully saturated rings. The van der Waals surface area contributed by atoms with Crippen LogP contribution >= 0.6 is 27.5 Å². The van der Waals surface area contributed by atoms with Crippen molar-refractivity contribution in [2.45, 2.75) is 6.54 Å². The van der Waals surface area contributed by atoms with E-state index in [-0.39, 0.29) is 16.5 Å². The van der Waals surface area contributed by atoms with Crippen LogP contribution in [0.5, 0.6) is 0 Å². The van der Waals surface area contributed by atoms with Crippen molar-refractivity contribution < 1.29 is 9.31 Å². The van der Waals surface area contributed by atoms with Gasteiger partial charge in [-0.05, 0) is 45.8 Å². The zero-order valence-corrected chi connectivity index (χ0v) is 12.4. The Hall–Kier alpha value is -1.66. The first-order valence-corrected chi connectivity index (χ1v) is 6.76. The van der Waals surface area contributed by atoms with Crippen LogP contribution in [0.4, 0.5) is 15.8 Å². The number of anilines is 1. The molecule has 0 bridgehead atoms. The molecular formula is C13H9BrClFN2O2. The molecule has 2 rings (SSSR count). The summed E-state index contributed by atoms with van der Waals surface area (Å²) in [7, 11) is 0. The zero-order valence-electron chi connectivity index (χ0n) is 10.1. The van der Waals surface area contributed by atoms with Crippen LogP contribution in [0.2, 0.25) is 5.02 Å². The maximum atomic E-state index is 13.3. The van der Waals surface area contributed by atoms with E-state index in [2.05, 4.69) is 21.2 Å². The number of nitrogens with one attached hydrogen (secondary N) is 1. The van der Waals surface area contributed by atoms with E-state index in [0.29, 0.717) is 22.3 Å². The normalized spacial score (nSPS) is 10.3. The van der Waals surface area contributed by atoms with Gasteiger partial charge in [0, 0.05) is 18.3 Å². The van der Waals surface area contributed by atoms with Crippen LogP contribution in [0.25, 0.3) is 0 Å². The number of benzene rings is 2. The fourth-order valence-electron chi connectivity index (χ4n) is 1.62. The maximum absolute atomic E-state index is 13.3. The van der Waals surface area contributed by atoms with Crippen LogP contribution in [-0.2, 0) is 6.54 Å². The summed E-state index contributed by atoms with van der Waals surface area (Å²) in [6.07, 6.45) is 0. The van der Waals surface area contributed by atoms with Crippen molar-refractivity contribution in [3.63, 3.8) is 0 Å². The molecule has 104 valence electrons. The average molecular weight is 360 g/mol. The van der Waals surface area contributed by atoms with Gasteiger partial charge < -0.3 is 5.32 Å². The first kappa shape index (κ1) is 14.7. The van der Waals surface area contributed by atoms with Crippen molar-refractivity contribution in [1.82, 2.24) is 0 Å². The minimum absolute atomic E-state index is 0.0911. The van der Waals surface area contributed by atoms with E-state index in [1.54, 1.807) is 18.2 Å². The highest BCUT2D eigenvalue weighted by molar-refractivity contribution is 9.10. The molecular weight excluding hydrogens is 351 g/mol. The summed E-state index contributed by atoms with van der Waals surface area (Å²) in [6.45, 7) is 0.332. The largest absolute Gasteiger partial charge is 0.381 e. The van der Waals surface area contributed by atoms with Gasteiger partial charge in [-0.2, -0.15) is 0 Å². The SMILES string of the molecule is O=[N+]([O-])c1cc(CNc2ccc(Br)c(F)c2)ccc1Cl. The standard InChI is InChI=1S/C13H9BrClFN2O2/c14-10-3-2-9(6-12(10)16)17-7-8-1-4-11(15)13(5-8)18(19)20/h1-6,17H,7H2. The van der Waals surface area contributed by atoms with E-state index in [0.717, 1.165) is 0 Å². The second kappa shape index (κ2) is 6.19. The second-order valence-corrected chi connectivity index (χ2v) is 5.29. The highest BCUT2D eigenvalue weighted by Gasteiger charge is 2.12. The molecule has 0 saturated carbocycles. The van der Waals surface area contributed by atoms with Crippen LogP contribution in [0.1, 0.15) is 5.56 Å². The van der Waals surface area contributed by atoms with Gasteiger partial charge in [-0.15, -0.1) is 0 Å². The second-order valence-electron chi connectivity index (χ2n) is 4.03. The molecule has 0 amide bonds. The molecule has 0 aliphatic carbocycles. The Bertz CT molecular complexity index is 667. The van der Waals surface area contributed by atoms with Gasteiger partial charge >= 0.3 is 0 Å². The summed E-state index contributed by atoms with van der Waals surface area (Å²) in [5, 5.41) is 13.9. The number of nitrogens with zero attached hydrogens (tertiary/aromatic N) is 1. The fourth-order valence-corrected chi connectivity index (χ4v) is 2.05. The van der Waals surface area contributed by atoms with Gasteiger partial charge in [-0.1, -0.05) is 17.7 Å². The number of hydrogen-bond acceptors (Lipinski definition) is 3. The van der Waals surface area contributed by atoms with Crippen LogP contribution in [0, 0.1) is 15.9 Å². The van der Waals surface area contributed by atoms with Crippen molar-refractivity contribution in [3.05, 3.63) is 67.4 Å². The third-order valence-corrected chi connectivity index (χ3v) is 3.59. The molecule has 0 atom stereocenters. The van der Waals surface area contributed by atoms with Gasteiger partial charge in [0.1, 0.15) is 10.8 Å². The molecule has 0 aliphatic rings. The quantitative estimate of drug-likeness (QED) is 0.632. The van der Waals surface area contributed by atoms with Crippen molar-refractivity contribution in [3.8, 4) is 0 Å². The number of rotatable bonds is 4. The Labute approximate surface area is 127 Å². The van der Waals surface area contributed by atoms with E-state index < -0.39 is 4.92 Å². The molecule has 7 heteroatoms. The van der Waals surface area contributed by atoms with Crippen LogP contribution in [-0.4, -0.2) is 4.92 Å². The molecule has 2 aromatic carbocycles. The Morgan fingerprint density at radius 3 is 2.70 bits per heavy atom. The maximum Gasteiger partial charge on any atom is 0.288 e. The summed E-state index contributed by atoms with van der Waals surface area (Å²) in [5.41, 5.74) is 1.13. The molecule has 20 heavy (non-hydrogen) atoms. The van der Waals surface area contributed by atoms with Crippen molar-refractivity contribution >= 4 is 38.9 Å². The summed E-state index contributed by atoms with van der Waals surface area (Å²) in [5.74, 6) is -0.378. The predicted molar refractivity (Wildman–Crippen MR) is 79.5 cm³/mol. The summed E-state index contributed by atoms with van der Waals surface area (Å²) in [4.78, 5) is 10.2. The number of halogens is 3. The van der Waals surface area contributed by atoms with Crippen molar-refractivity contribution in [1.29, 1.82) is 0 Å². The topological polar surface area (TPSA) is 55.2 Å². The molecule has 0 spiro atoms. The molecule has 0 radical (unpaired) electrons. The van der Waals surface area contributed by atoms with E-state index in [4.69, 9.17) is 11.6 Å². The van der Waals surface area contributed by atoms with Gasteiger partial charge in [0.05, 0.1) is 9.40 Å².